The van der Waals surface area contributed by atoms with Gasteiger partial charge in [0.15, 0.2) is 0 Å². The van der Waals surface area contributed by atoms with Crippen LogP contribution in [0.25, 0.3) is 0 Å². The number of alkyl halides is 3. The van der Waals surface area contributed by atoms with Crippen molar-refractivity contribution in [1.29, 1.82) is 0 Å². The molecule has 0 saturated heterocycles. The highest BCUT2D eigenvalue weighted by molar-refractivity contribution is 5.30. The van der Waals surface area contributed by atoms with E-state index in [0.717, 1.165) is 12.2 Å². The van der Waals surface area contributed by atoms with E-state index in [0.29, 0.717) is 5.57 Å². The molecule has 86 valence electrons. The fourth-order valence-electron chi connectivity index (χ4n) is 0.568. The predicted molar refractivity (Wildman–Crippen MR) is 59.6 cm³/mol. The minimum atomic E-state index is -4.33. The van der Waals surface area contributed by atoms with Gasteiger partial charge in [-0.3, -0.25) is 0 Å². The van der Waals surface area contributed by atoms with E-state index in [2.05, 4.69) is 13.2 Å². The Balaban J connectivity index is 0. The Labute approximate surface area is 89.5 Å². The third-order valence-electron chi connectivity index (χ3n) is 1.39. The molecule has 0 unspecified atom stereocenters. The molecule has 0 aliphatic carbocycles. The van der Waals surface area contributed by atoms with Crippen molar-refractivity contribution < 1.29 is 13.2 Å². The van der Waals surface area contributed by atoms with E-state index in [9.17, 15) is 13.2 Å². The topological polar surface area (TPSA) is 0 Å². The van der Waals surface area contributed by atoms with Crippen molar-refractivity contribution in [3.8, 4) is 0 Å². The van der Waals surface area contributed by atoms with E-state index in [1.54, 1.807) is 6.92 Å². The van der Waals surface area contributed by atoms with Gasteiger partial charge in [0, 0.05) is 0 Å². The Morgan fingerprint density at radius 3 is 1.73 bits per heavy atom. The van der Waals surface area contributed by atoms with Gasteiger partial charge in [-0.1, -0.05) is 50.8 Å². The zero-order valence-corrected chi connectivity index (χ0v) is 9.36. The lowest BCUT2D eigenvalue weighted by Crippen LogP contribution is -2.09. The van der Waals surface area contributed by atoms with Crippen molar-refractivity contribution in [1.82, 2.24) is 0 Å². The Kier molecular flexibility index (Phi) is 8.73. The third-order valence-corrected chi connectivity index (χ3v) is 1.39. The SMILES string of the molecule is C=C/C(C)=C\C=C(/C=C)C(F)(F)F.CC. The Morgan fingerprint density at radius 2 is 1.47 bits per heavy atom. The van der Waals surface area contributed by atoms with Gasteiger partial charge in [0.2, 0.25) is 0 Å². The van der Waals surface area contributed by atoms with Crippen LogP contribution in [0, 0.1) is 0 Å². The van der Waals surface area contributed by atoms with Crippen LogP contribution in [0.3, 0.4) is 0 Å². The van der Waals surface area contributed by atoms with E-state index in [4.69, 9.17) is 0 Å². The minimum absolute atomic E-state index is 0.670. The first-order valence-electron chi connectivity index (χ1n) is 4.62. The Morgan fingerprint density at radius 1 is 1.00 bits per heavy atom. The molecule has 0 aliphatic rings. The first kappa shape index (κ1) is 16.2. The molecule has 15 heavy (non-hydrogen) atoms. The van der Waals surface area contributed by atoms with Gasteiger partial charge in [0.05, 0.1) is 5.57 Å². The molecule has 0 N–H and O–H groups in total. The average molecular weight is 218 g/mol. The molecule has 0 rings (SSSR count). The van der Waals surface area contributed by atoms with Crippen LogP contribution < -0.4 is 0 Å². The molecule has 0 atom stereocenters. The molecule has 0 bridgehead atoms. The highest BCUT2D eigenvalue weighted by Crippen LogP contribution is 2.26. The van der Waals surface area contributed by atoms with E-state index < -0.39 is 11.7 Å². The van der Waals surface area contributed by atoms with Gasteiger partial charge in [-0.25, -0.2) is 0 Å². The fraction of sp³-hybridized carbons (Fsp3) is 0.333. The monoisotopic (exact) mass is 218 g/mol. The maximum absolute atomic E-state index is 12.1. The van der Waals surface area contributed by atoms with Crippen LogP contribution in [0.2, 0.25) is 0 Å². The summed E-state index contributed by atoms with van der Waals surface area (Å²) in [6, 6.07) is 0. The minimum Gasteiger partial charge on any atom is -0.166 e. The largest absolute Gasteiger partial charge is 0.416 e. The van der Waals surface area contributed by atoms with E-state index >= 15 is 0 Å². The van der Waals surface area contributed by atoms with E-state index in [1.165, 1.54) is 12.2 Å². The van der Waals surface area contributed by atoms with Crippen LogP contribution in [-0.2, 0) is 0 Å². The van der Waals surface area contributed by atoms with Crippen molar-refractivity contribution >= 4 is 0 Å². The van der Waals surface area contributed by atoms with E-state index in [1.807, 2.05) is 13.8 Å². The van der Waals surface area contributed by atoms with Gasteiger partial charge < -0.3 is 0 Å². The second-order valence-corrected chi connectivity index (χ2v) is 2.44. The summed E-state index contributed by atoms with van der Waals surface area (Å²) in [5.74, 6) is 0. The number of hydrogen-bond donors (Lipinski definition) is 0. The van der Waals surface area contributed by atoms with E-state index in [-0.39, 0.29) is 0 Å². The molecule has 0 saturated carbocycles. The van der Waals surface area contributed by atoms with Gasteiger partial charge in [-0.2, -0.15) is 13.2 Å². The highest BCUT2D eigenvalue weighted by Gasteiger charge is 2.30. The Bertz CT molecular complexity index is 255. The van der Waals surface area contributed by atoms with Crippen LogP contribution in [0.15, 0.2) is 48.6 Å². The van der Waals surface area contributed by atoms with Crippen molar-refractivity contribution in [3.05, 3.63) is 48.6 Å². The third kappa shape index (κ3) is 7.79. The van der Waals surface area contributed by atoms with Crippen LogP contribution in [0.5, 0.6) is 0 Å². The second-order valence-electron chi connectivity index (χ2n) is 2.44. The molecular formula is C12H17F3. The van der Waals surface area contributed by atoms with Crippen LogP contribution >= 0.6 is 0 Å². The first-order chi connectivity index (χ1) is 6.91. The van der Waals surface area contributed by atoms with Crippen molar-refractivity contribution in [2.24, 2.45) is 0 Å². The predicted octanol–water partition coefficient (Wildman–Crippen LogP) is 4.82. The molecule has 0 aromatic rings. The molecule has 0 fully saturated rings. The summed E-state index contributed by atoms with van der Waals surface area (Å²) in [5.41, 5.74) is -0.0858. The second kappa shape index (κ2) is 8.09. The molecule has 0 aromatic heterocycles. The molecule has 0 amide bonds. The molecule has 0 heterocycles. The van der Waals surface area contributed by atoms with Gasteiger partial charge in [-0.05, 0) is 13.0 Å². The van der Waals surface area contributed by atoms with Gasteiger partial charge >= 0.3 is 6.18 Å². The summed E-state index contributed by atoms with van der Waals surface area (Å²) < 4.78 is 36.2. The zero-order chi connectivity index (χ0) is 12.5. The molecule has 0 aliphatic heterocycles. The highest BCUT2D eigenvalue weighted by atomic mass is 19.4. The summed E-state index contributed by atoms with van der Waals surface area (Å²) in [4.78, 5) is 0. The smallest absolute Gasteiger partial charge is 0.166 e. The maximum atomic E-state index is 12.1. The lowest BCUT2D eigenvalue weighted by Gasteiger charge is -2.05. The van der Waals surface area contributed by atoms with Crippen molar-refractivity contribution in [2.45, 2.75) is 26.9 Å². The molecule has 0 spiro atoms. The number of allylic oxidation sites excluding steroid dienone is 6. The van der Waals surface area contributed by atoms with Gasteiger partial charge in [0.25, 0.3) is 0 Å². The van der Waals surface area contributed by atoms with Gasteiger partial charge in [-0.15, -0.1) is 0 Å². The first-order valence-corrected chi connectivity index (χ1v) is 4.62. The summed E-state index contributed by atoms with van der Waals surface area (Å²) >= 11 is 0. The zero-order valence-electron chi connectivity index (χ0n) is 9.36. The Hall–Kier alpha value is -1.25. The quantitative estimate of drug-likeness (QED) is 0.596. The van der Waals surface area contributed by atoms with Crippen molar-refractivity contribution in [2.75, 3.05) is 0 Å². The molecular weight excluding hydrogens is 201 g/mol. The summed E-state index contributed by atoms with van der Waals surface area (Å²) in [6.45, 7) is 12.2. The molecule has 0 aromatic carbocycles. The molecule has 0 nitrogen and oxygen atoms in total. The summed E-state index contributed by atoms with van der Waals surface area (Å²) in [6.07, 6.45) is 0.252. The van der Waals surface area contributed by atoms with Crippen LogP contribution in [0.4, 0.5) is 13.2 Å². The van der Waals surface area contributed by atoms with Crippen LogP contribution in [0.1, 0.15) is 20.8 Å². The number of hydrogen-bond acceptors (Lipinski definition) is 0. The maximum Gasteiger partial charge on any atom is 0.416 e. The average Bonchev–Trinajstić information content (AvgIpc) is 2.19. The van der Waals surface area contributed by atoms with Crippen molar-refractivity contribution in [3.63, 3.8) is 0 Å². The fourth-order valence-corrected chi connectivity index (χ4v) is 0.568. The van der Waals surface area contributed by atoms with Crippen LogP contribution in [-0.4, -0.2) is 6.18 Å². The lowest BCUT2D eigenvalue weighted by atomic mass is 10.2. The van der Waals surface area contributed by atoms with Gasteiger partial charge in [0.1, 0.15) is 0 Å². The normalized spacial score (nSPS) is 12.7. The lowest BCUT2D eigenvalue weighted by molar-refractivity contribution is -0.0881. The standard InChI is InChI=1S/C10H11F3.C2H6/c1-4-8(3)6-7-9(5-2)10(11,12)13;1-2/h4-7H,1-2H2,3H3;1-2H3/b8-6-,9-7+;. The molecule has 3 heteroatoms. The summed E-state index contributed by atoms with van der Waals surface area (Å²) in [5, 5.41) is 0. The number of halogens is 3. The number of rotatable bonds is 3. The summed E-state index contributed by atoms with van der Waals surface area (Å²) in [7, 11) is 0. The molecule has 0 radical (unpaired) electrons.